The maximum absolute atomic E-state index is 12.9. The van der Waals surface area contributed by atoms with Crippen molar-refractivity contribution in [2.45, 2.75) is 57.2 Å². The number of carbonyl (C=O) groups excluding carboxylic acids is 1. The summed E-state index contributed by atoms with van der Waals surface area (Å²) >= 11 is 0. The Balaban J connectivity index is 1.66. The number of alkyl halides is 3. The summed E-state index contributed by atoms with van der Waals surface area (Å²) in [6, 6.07) is 7.95. The Kier molecular flexibility index (Phi) is 4.64. The lowest BCUT2D eigenvalue weighted by molar-refractivity contribution is -0.186. The molecule has 0 radical (unpaired) electrons. The molecule has 0 bridgehead atoms. The van der Waals surface area contributed by atoms with Gasteiger partial charge in [0.15, 0.2) is 0 Å². The van der Waals surface area contributed by atoms with Crippen molar-refractivity contribution in [1.29, 1.82) is 0 Å². The second-order valence-electron chi connectivity index (χ2n) is 6.75. The van der Waals surface area contributed by atoms with Crippen LogP contribution in [0.25, 0.3) is 0 Å². The van der Waals surface area contributed by atoms with Crippen LogP contribution in [0.4, 0.5) is 13.2 Å². The van der Waals surface area contributed by atoms with Gasteiger partial charge in [-0.3, -0.25) is 4.79 Å². The molecule has 0 spiro atoms. The van der Waals surface area contributed by atoms with E-state index in [0.717, 1.165) is 24.8 Å². The van der Waals surface area contributed by atoms with E-state index in [4.69, 9.17) is 0 Å². The van der Waals surface area contributed by atoms with Crippen LogP contribution in [-0.4, -0.2) is 12.1 Å². The number of fused-ring (bicyclic) bond motifs is 1. The third-order valence-electron chi connectivity index (χ3n) is 5.19. The van der Waals surface area contributed by atoms with Crippen molar-refractivity contribution in [3.8, 4) is 0 Å². The van der Waals surface area contributed by atoms with Crippen LogP contribution in [0.15, 0.2) is 24.3 Å². The third-order valence-corrected chi connectivity index (χ3v) is 5.19. The Labute approximate surface area is 134 Å². The highest BCUT2D eigenvalue weighted by Crippen LogP contribution is 2.40. The number of hydrogen-bond acceptors (Lipinski definition) is 1. The lowest BCUT2D eigenvalue weighted by atomic mass is 9.80. The Morgan fingerprint density at radius 1 is 1.09 bits per heavy atom. The molecule has 1 N–H and O–H groups in total. The first-order valence-electron chi connectivity index (χ1n) is 8.40. The van der Waals surface area contributed by atoms with Crippen LogP contribution in [0.3, 0.4) is 0 Å². The topological polar surface area (TPSA) is 29.1 Å². The second kappa shape index (κ2) is 6.54. The minimum Gasteiger partial charge on any atom is -0.349 e. The molecule has 126 valence electrons. The van der Waals surface area contributed by atoms with Crippen molar-refractivity contribution in [3.05, 3.63) is 35.4 Å². The number of benzene rings is 1. The van der Waals surface area contributed by atoms with E-state index in [1.165, 1.54) is 5.56 Å². The van der Waals surface area contributed by atoms with Gasteiger partial charge < -0.3 is 5.32 Å². The summed E-state index contributed by atoms with van der Waals surface area (Å²) in [5.41, 5.74) is 2.36. The largest absolute Gasteiger partial charge is 0.391 e. The number of amides is 1. The summed E-state index contributed by atoms with van der Waals surface area (Å²) in [5, 5.41) is 3.01. The molecule has 1 saturated carbocycles. The summed E-state index contributed by atoms with van der Waals surface area (Å²) in [5.74, 6) is -2.05. The van der Waals surface area contributed by atoms with Gasteiger partial charge in [0.05, 0.1) is 12.0 Å². The van der Waals surface area contributed by atoms with Crippen molar-refractivity contribution in [2.75, 3.05) is 0 Å². The number of aryl methyl sites for hydroxylation is 1. The predicted octanol–water partition coefficient (Wildman–Crippen LogP) is 4.55. The molecule has 5 heteroatoms. The van der Waals surface area contributed by atoms with E-state index in [2.05, 4.69) is 11.4 Å². The Hall–Kier alpha value is -1.52. The fourth-order valence-corrected chi connectivity index (χ4v) is 3.92. The highest BCUT2D eigenvalue weighted by atomic mass is 19.4. The molecule has 1 fully saturated rings. The van der Waals surface area contributed by atoms with E-state index in [0.29, 0.717) is 12.8 Å². The molecule has 2 aliphatic carbocycles. The first kappa shape index (κ1) is 16.3. The predicted molar refractivity (Wildman–Crippen MR) is 81.8 cm³/mol. The standard InChI is InChI=1S/C18H22F3NO/c19-18(20,21)14-8-3-7-13(11-14)17(23)22-16-10-4-6-12-5-1-2-9-15(12)16/h1-2,5,9,13-14,16H,3-4,6-8,10-11H2,(H,22,23). The molecule has 3 rings (SSSR count). The zero-order chi connectivity index (χ0) is 16.4. The minimum atomic E-state index is -4.18. The molecular weight excluding hydrogens is 303 g/mol. The van der Waals surface area contributed by atoms with E-state index in [1.807, 2.05) is 18.2 Å². The van der Waals surface area contributed by atoms with Crippen LogP contribution in [0.2, 0.25) is 0 Å². The number of halogens is 3. The van der Waals surface area contributed by atoms with Gasteiger partial charge in [-0.25, -0.2) is 0 Å². The Bertz CT molecular complexity index is 570. The summed E-state index contributed by atoms with van der Waals surface area (Å²) in [6.45, 7) is 0. The molecule has 2 aliphatic rings. The van der Waals surface area contributed by atoms with Crippen LogP contribution in [0, 0.1) is 11.8 Å². The third kappa shape index (κ3) is 3.70. The van der Waals surface area contributed by atoms with Crippen molar-refractivity contribution in [1.82, 2.24) is 5.32 Å². The Morgan fingerprint density at radius 3 is 2.65 bits per heavy atom. The highest BCUT2D eigenvalue weighted by Gasteiger charge is 2.43. The molecule has 3 atom stereocenters. The molecule has 0 aliphatic heterocycles. The van der Waals surface area contributed by atoms with Crippen LogP contribution in [0.1, 0.15) is 55.7 Å². The average Bonchev–Trinajstić information content (AvgIpc) is 2.54. The molecule has 3 unspecified atom stereocenters. The molecule has 1 aromatic carbocycles. The SMILES string of the molecule is O=C(NC1CCCc2ccccc21)C1CCCC(C(F)(F)F)C1. The lowest BCUT2D eigenvalue weighted by Gasteiger charge is -2.32. The Morgan fingerprint density at radius 2 is 1.87 bits per heavy atom. The van der Waals surface area contributed by atoms with Gasteiger partial charge in [-0.2, -0.15) is 13.2 Å². The van der Waals surface area contributed by atoms with E-state index in [9.17, 15) is 18.0 Å². The van der Waals surface area contributed by atoms with Gasteiger partial charge in [-0.1, -0.05) is 30.7 Å². The molecule has 2 nitrogen and oxygen atoms in total. The average molecular weight is 325 g/mol. The summed E-state index contributed by atoms with van der Waals surface area (Å²) in [6.07, 6.45) is -0.200. The lowest BCUT2D eigenvalue weighted by Crippen LogP contribution is -2.39. The molecule has 1 amide bonds. The quantitative estimate of drug-likeness (QED) is 0.849. The monoisotopic (exact) mass is 325 g/mol. The van der Waals surface area contributed by atoms with Crippen LogP contribution in [-0.2, 0) is 11.2 Å². The first-order valence-corrected chi connectivity index (χ1v) is 8.40. The van der Waals surface area contributed by atoms with Gasteiger partial charge in [0.25, 0.3) is 0 Å². The van der Waals surface area contributed by atoms with E-state index in [-0.39, 0.29) is 24.8 Å². The van der Waals surface area contributed by atoms with Crippen LogP contribution >= 0.6 is 0 Å². The molecule has 0 aromatic heterocycles. The number of nitrogens with one attached hydrogen (secondary N) is 1. The number of rotatable bonds is 2. The van der Waals surface area contributed by atoms with E-state index in [1.54, 1.807) is 0 Å². The second-order valence-corrected chi connectivity index (χ2v) is 6.75. The van der Waals surface area contributed by atoms with Crippen molar-refractivity contribution < 1.29 is 18.0 Å². The molecular formula is C18H22F3NO. The van der Waals surface area contributed by atoms with Gasteiger partial charge in [0.1, 0.15) is 0 Å². The molecule has 1 aromatic rings. The smallest absolute Gasteiger partial charge is 0.349 e. The van der Waals surface area contributed by atoms with Gasteiger partial charge in [0, 0.05) is 5.92 Å². The van der Waals surface area contributed by atoms with E-state index < -0.39 is 18.0 Å². The zero-order valence-corrected chi connectivity index (χ0v) is 13.0. The van der Waals surface area contributed by atoms with Gasteiger partial charge in [-0.15, -0.1) is 0 Å². The molecule has 23 heavy (non-hydrogen) atoms. The van der Waals surface area contributed by atoms with Crippen LogP contribution < -0.4 is 5.32 Å². The van der Waals surface area contributed by atoms with Crippen molar-refractivity contribution >= 4 is 5.91 Å². The maximum atomic E-state index is 12.9. The summed E-state index contributed by atoms with van der Waals surface area (Å²) < 4.78 is 38.7. The van der Waals surface area contributed by atoms with Gasteiger partial charge in [-0.05, 0) is 49.7 Å². The van der Waals surface area contributed by atoms with Crippen molar-refractivity contribution in [3.63, 3.8) is 0 Å². The highest BCUT2D eigenvalue weighted by molar-refractivity contribution is 5.79. The maximum Gasteiger partial charge on any atom is 0.391 e. The zero-order valence-electron chi connectivity index (χ0n) is 13.0. The number of carbonyl (C=O) groups is 1. The normalized spacial score (nSPS) is 28.0. The fourth-order valence-electron chi connectivity index (χ4n) is 3.92. The molecule has 0 saturated heterocycles. The van der Waals surface area contributed by atoms with Gasteiger partial charge in [0.2, 0.25) is 5.91 Å². The van der Waals surface area contributed by atoms with Crippen LogP contribution in [0.5, 0.6) is 0 Å². The molecule has 0 heterocycles. The number of hydrogen-bond donors (Lipinski definition) is 1. The summed E-state index contributed by atoms with van der Waals surface area (Å²) in [4.78, 5) is 12.5. The first-order chi connectivity index (χ1) is 10.9. The minimum absolute atomic E-state index is 0.0567. The van der Waals surface area contributed by atoms with Gasteiger partial charge >= 0.3 is 6.18 Å². The fraction of sp³-hybridized carbons (Fsp3) is 0.611. The van der Waals surface area contributed by atoms with Crippen molar-refractivity contribution in [2.24, 2.45) is 11.8 Å². The summed E-state index contributed by atoms with van der Waals surface area (Å²) in [7, 11) is 0. The van der Waals surface area contributed by atoms with E-state index >= 15 is 0 Å².